The van der Waals surface area contributed by atoms with Crippen LogP contribution in [0.5, 0.6) is 5.75 Å². The Kier molecular flexibility index (Phi) is 5.92. The number of rotatable bonds is 6. The summed E-state index contributed by atoms with van der Waals surface area (Å²) in [6.07, 6.45) is 2.97. The Hall–Kier alpha value is -2.15. The monoisotopic (exact) mass is 380 g/mol. The standard InChI is InChI=1S/C16H17BrN2O4/c1-3-23-16(21)13(8-11-4-6-12(17)7-5-11)19-10-18-9-14(22-2)15(19)20/h4-7,9-10,13H,3,8H2,1-2H3. The van der Waals surface area contributed by atoms with E-state index >= 15 is 0 Å². The van der Waals surface area contributed by atoms with Crippen molar-refractivity contribution in [2.45, 2.75) is 19.4 Å². The third-order valence-electron chi connectivity index (χ3n) is 3.28. The zero-order valence-electron chi connectivity index (χ0n) is 12.9. The van der Waals surface area contributed by atoms with Crippen molar-refractivity contribution in [3.8, 4) is 5.75 Å². The molecule has 7 heteroatoms. The second-order valence-corrected chi connectivity index (χ2v) is 5.69. The number of benzene rings is 1. The Morgan fingerprint density at radius 1 is 1.35 bits per heavy atom. The predicted molar refractivity (Wildman–Crippen MR) is 88.6 cm³/mol. The van der Waals surface area contributed by atoms with Crippen LogP contribution < -0.4 is 10.3 Å². The quantitative estimate of drug-likeness (QED) is 0.719. The van der Waals surface area contributed by atoms with Crippen LogP contribution in [0.1, 0.15) is 18.5 Å². The fourth-order valence-corrected chi connectivity index (χ4v) is 2.41. The van der Waals surface area contributed by atoms with Crippen molar-refractivity contribution in [1.82, 2.24) is 9.55 Å². The minimum atomic E-state index is -0.800. The number of carbonyl (C=O) groups excluding carboxylic acids is 1. The van der Waals surface area contributed by atoms with Crippen LogP contribution in [0.4, 0.5) is 0 Å². The molecule has 0 radical (unpaired) electrons. The highest BCUT2D eigenvalue weighted by atomic mass is 79.9. The summed E-state index contributed by atoms with van der Waals surface area (Å²) in [6.45, 7) is 1.96. The van der Waals surface area contributed by atoms with Gasteiger partial charge in [0.15, 0.2) is 0 Å². The van der Waals surface area contributed by atoms with E-state index in [1.54, 1.807) is 6.92 Å². The lowest BCUT2D eigenvalue weighted by atomic mass is 10.1. The van der Waals surface area contributed by atoms with Crippen LogP contribution in [0.3, 0.4) is 0 Å². The number of nitrogens with zero attached hydrogens (tertiary/aromatic N) is 2. The van der Waals surface area contributed by atoms with Gasteiger partial charge in [-0.1, -0.05) is 28.1 Å². The molecule has 1 atom stereocenters. The second-order valence-electron chi connectivity index (χ2n) is 4.77. The number of hydrogen-bond donors (Lipinski definition) is 0. The average Bonchev–Trinajstić information content (AvgIpc) is 2.55. The lowest BCUT2D eigenvalue weighted by Crippen LogP contribution is -2.33. The van der Waals surface area contributed by atoms with Crippen LogP contribution >= 0.6 is 15.9 Å². The molecule has 0 spiro atoms. The number of carbonyl (C=O) groups is 1. The SMILES string of the molecule is CCOC(=O)C(Cc1ccc(Br)cc1)n1cncc(OC)c1=O. The van der Waals surface area contributed by atoms with Gasteiger partial charge in [0.25, 0.3) is 5.56 Å². The van der Waals surface area contributed by atoms with Gasteiger partial charge in [0, 0.05) is 10.9 Å². The van der Waals surface area contributed by atoms with Crippen LogP contribution in [-0.4, -0.2) is 29.2 Å². The third-order valence-corrected chi connectivity index (χ3v) is 3.81. The highest BCUT2D eigenvalue weighted by molar-refractivity contribution is 9.10. The van der Waals surface area contributed by atoms with Gasteiger partial charge in [0.05, 0.1) is 26.2 Å². The fourth-order valence-electron chi connectivity index (χ4n) is 2.15. The molecule has 1 aromatic heterocycles. The van der Waals surface area contributed by atoms with Crippen molar-refractivity contribution < 1.29 is 14.3 Å². The molecule has 23 heavy (non-hydrogen) atoms. The number of ether oxygens (including phenoxy) is 2. The van der Waals surface area contributed by atoms with Gasteiger partial charge in [-0.15, -0.1) is 0 Å². The van der Waals surface area contributed by atoms with Gasteiger partial charge in [-0.05, 0) is 24.6 Å². The van der Waals surface area contributed by atoms with Crippen molar-refractivity contribution in [2.75, 3.05) is 13.7 Å². The molecule has 1 heterocycles. The minimum Gasteiger partial charge on any atom is -0.490 e. The maximum Gasteiger partial charge on any atom is 0.329 e. The average molecular weight is 381 g/mol. The molecular formula is C16H17BrN2O4. The van der Waals surface area contributed by atoms with Crippen LogP contribution in [0, 0.1) is 0 Å². The summed E-state index contributed by atoms with van der Waals surface area (Å²) < 4.78 is 12.3. The first kappa shape index (κ1) is 17.2. The molecule has 0 N–H and O–H groups in total. The van der Waals surface area contributed by atoms with Gasteiger partial charge < -0.3 is 9.47 Å². The van der Waals surface area contributed by atoms with E-state index in [1.165, 1.54) is 24.2 Å². The van der Waals surface area contributed by atoms with E-state index in [4.69, 9.17) is 9.47 Å². The molecule has 0 aliphatic carbocycles. The van der Waals surface area contributed by atoms with Gasteiger partial charge in [-0.3, -0.25) is 9.36 Å². The van der Waals surface area contributed by atoms with Gasteiger partial charge in [-0.25, -0.2) is 9.78 Å². The van der Waals surface area contributed by atoms with E-state index in [1.807, 2.05) is 24.3 Å². The van der Waals surface area contributed by atoms with Gasteiger partial charge in [0.1, 0.15) is 6.04 Å². The van der Waals surface area contributed by atoms with Gasteiger partial charge in [-0.2, -0.15) is 0 Å². The van der Waals surface area contributed by atoms with Crippen LogP contribution in [-0.2, 0) is 16.0 Å². The molecule has 0 bridgehead atoms. The van der Waals surface area contributed by atoms with Crippen LogP contribution in [0.15, 0.2) is 46.1 Å². The Bertz CT molecular complexity index is 728. The lowest BCUT2D eigenvalue weighted by Gasteiger charge is -2.18. The first-order valence-corrected chi connectivity index (χ1v) is 7.87. The summed E-state index contributed by atoms with van der Waals surface area (Å²) in [5, 5.41) is 0. The Labute approximate surface area is 142 Å². The molecule has 2 aromatic rings. The second kappa shape index (κ2) is 7.92. The third kappa shape index (κ3) is 4.19. The van der Waals surface area contributed by atoms with Crippen molar-refractivity contribution >= 4 is 21.9 Å². The minimum absolute atomic E-state index is 0.0811. The summed E-state index contributed by atoms with van der Waals surface area (Å²) >= 11 is 3.37. The number of halogens is 1. The van der Waals surface area contributed by atoms with Gasteiger partial charge >= 0.3 is 5.97 Å². The molecule has 0 saturated heterocycles. The summed E-state index contributed by atoms with van der Waals surface area (Å²) in [5.41, 5.74) is 0.485. The van der Waals surface area contributed by atoms with E-state index < -0.39 is 17.6 Å². The fraction of sp³-hybridized carbons (Fsp3) is 0.312. The van der Waals surface area contributed by atoms with E-state index in [9.17, 15) is 9.59 Å². The van der Waals surface area contributed by atoms with Crippen LogP contribution in [0.2, 0.25) is 0 Å². The topological polar surface area (TPSA) is 70.4 Å². The first-order chi connectivity index (χ1) is 11.1. The normalized spacial score (nSPS) is 11.8. The molecule has 0 aliphatic rings. The molecule has 0 fully saturated rings. The Morgan fingerprint density at radius 3 is 2.65 bits per heavy atom. The molecule has 6 nitrogen and oxygen atoms in total. The zero-order valence-corrected chi connectivity index (χ0v) is 14.4. The number of aromatic nitrogens is 2. The highest BCUT2D eigenvalue weighted by Crippen LogP contribution is 2.18. The van der Waals surface area contributed by atoms with Crippen molar-refractivity contribution in [3.05, 3.63) is 57.2 Å². The number of esters is 1. The Morgan fingerprint density at radius 2 is 2.04 bits per heavy atom. The predicted octanol–water partition coefficient (Wildman–Crippen LogP) is 2.36. The zero-order chi connectivity index (χ0) is 16.8. The number of methoxy groups -OCH3 is 1. The summed E-state index contributed by atoms with van der Waals surface area (Å²) in [7, 11) is 1.39. The van der Waals surface area contributed by atoms with E-state index in [2.05, 4.69) is 20.9 Å². The molecule has 1 aromatic carbocycles. The molecule has 0 saturated carbocycles. The summed E-state index contributed by atoms with van der Waals surface area (Å²) in [4.78, 5) is 28.6. The van der Waals surface area contributed by atoms with E-state index in [0.717, 1.165) is 10.0 Å². The molecule has 0 aliphatic heterocycles. The highest BCUT2D eigenvalue weighted by Gasteiger charge is 2.24. The number of hydrogen-bond acceptors (Lipinski definition) is 5. The lowest BCUT2D eigenvalue weighted by molar-refractivity contribution is -0.147. The van der Waals surface area contributed by atoms with Crippen LogP contribution in [0.25, 0.3) is 0 Å². The first-order valence-electron chi connectivity index (χ1n) is 7.08. The molecule has 1 unspecified atom stereocenters. The smallest absolute Gasteiger partial charge is 0.329 e. The molecule has 122 valence electrons. The Balaban J connectivity index is 2.40. The maximum absolute atomic E-state index is 12.4. The summed E-state index contributed by atoms with van der Waals surface area (Å²) in [5.74, 6) is -0.398. The van der Waals surface area contributed by atoms with Crippen molar-refractivity contribution in [2.24, 2.45) is 0 Å². The van der Waals surface area contributed by atoms with Crippen molar-refractivity contribution in [3.63, 3.8) is 0 Å². The largest absolute Gasteiger partial charge is 0.490 e. The maximum atomic E-state index is 12.4. The molecular weight excluding hydrogens is 364 g/mol. The van der Waals surface area contributed by atoms with Crippen molar-refractivity contribution in [1.29, 1.82) is 0 Å². The van der Waals surface area contributed by atoms with Gasteiger partial charge in [0.2, 0.25) is 5.75 Å². The molecule has 2 rings (SSSR count). The molecule has 0 amide bonds. The van der Waals surface area contributed by atoms with E-state index in [0.29, 0.717) is 6.42 Å². The summed E-state index contributed by atoms with van der Waals surface area (Å²) in [6, 6.07) is 6.73. The van der Waals surface area contributed by atoms with E-state index in [-0.39, 0.29) is 12.4 Å².